The Bertz CT molecular complexity index is 1310. The second kappa shape index (κ2) is 15.6. The van der Waals surface area contributed by atoms with E-state index in [1.54, 1.807) is 18.2 Å². The largest absolute Gasteiger partial charge is 0.477 e. The van der Waals surface area contributed by atoms with Gasteiger partial charge in [0.15, 0.2) is 0 Å². The fourth-order valence-corrected chi connectivity index (χ4v) is 6.03. The lowest BCUT2D eigenvalue weighted by Gasteiger charge is -2.37. The topological polar surface area (TPSA) is 160 Å². The number of carbonyl (C=O) groups is 3. The molecule has 3 aromatic rings. The molecule has 1 aliphatic heterocycles. The Hall–Kier alpha value is -4.26. The molecule has 240 valence electrons. The van der Waals surface area contributed by atoms with Crippen LogP contribution < -0.4 is 0 Å². The summed E-state index contributed by atoms with van der Waals surface area (Å²) in [6.07, 6.45) is 2.48. The summed E-state index contributed by atoms with van der Waals surface area (Å²) >= 11 is 0. The molecule has 45 heavy (non-hydrogen) atoms. The number of nitrogens with zero attached hydrogens (tertiary/aromatic N) is 6. The van der Waals surface area contributed by atoms with Crippen LogP contribution in [0.1, 0.15) is 88.6 Å². The van der Waals surface area contributed by atoms with E-state index in [9.17, 15) is 29.7 Å². The number of carboxylic acids is 3. The van der Waals surface area contributed by atoms with Crippen LogP contribution in [0.25, 0.3) is 0 Å². The van der Waals surface area contributed by atoms with Crippen LogP contribution >= 0.6 is 0 Å². The van der Waals surface area contributed by atoms with Crippen LogP contribution in [0.5, 0.6) is 0 Å². The van der Waals surface area contributed by atoms with Crippen LogP contribution in [-0.4, -0.2) is 101 Å². The van der Waals surface area contributed by atoms with Crippen molar-refractivity contribution in [3.8, 4) is 0 Å². The first-order chi connectivity index (χ1) is 21.6. The first kappa shape index (κ1) is 33.6. The highest BCUT2D eigenvalue weighted by Gasteiger charge is 2.33. The SMILES string of the molecule is CC[C@H]1CN(Cc2cccc(C(=O)O)n2)[C@@H](CC)CN(Cc2cccc(C(=O)O)n2)[C@@H](CC)CN1Cc1cccc(C(=O)O)n1. The van der Waals surface area contributed by atoms with Crippen LogP contribution in [0.15, 0.2) is 54.6 Å². The lowest BCUT2D eigenvalue weighted by Crippen LogP contribution is -2.47. The molecule has 0 aromatic carbocycles. The van der Waals surface area contributed by atoms with Gasteiger partial charge in [-0.3, -0.25) is 14.7 Å². The molecule has 1 fully saturated rings. The first-order valence-electron chi connectivity index (χ1n) is 15.4. The molecule has 0 bridgehead atoms. The summed E-state index contributed by atoms with van der Waals surface area (Å²) in [5.41, 5.74) is 2.00. The lowest BCUT2D eigenvalue weighted by atomic mass is 10.1. The van der Waals surface area contributed by atoms with Crippen molar-refractivity contribution < 1.29 is 29.7 Å². The summed E-state index contributed by atoms with van der Waals surface area (Å²) in [5.74, 6) is -3.22. The van der Waals surface area contributed by atoms with E-state index in [0.29, 0.717) is 56.4 Å². The fraction of sp³-hybridized carbons (Fsp3) is 0.455. The quantitative estimate of drug-likeness (QED) is 0.267. The molecule has 0 amide bonds. The molecule has 3 aromatic heterocycles. The zero-order valence-electron chi connectivity index (χ0n) is 26.0. The minimum Gasteiger partial charge on any atom is -0.477 e. The third-order valence-corrected chi connectivity index (χ3v) is 8.47. The molecule has 0 spiro atoms. The van der Waals surface area contributed by atoms with Crippen molar-refractivity contribution in [1.82, 2.24) is 29.7 Å². The summed E-state index contributed by atoms with van der Waals surface area (Å²) in [7, 11) is 0. The first-order valence-corrected chi connectivity index (χ1v) is 15.4. The Kier molecular flexibility index (Phi) is 11.7. The van der Waals surface area contributed by atoms with Gasteiger partial charge in [0, 0.05) is 57.4 Å². The van der Waals surface area contributed by atoms with E-state index in [0.717, 1.165) is 19.3 Å². The molecule has 12 heteroatoms. The van der Waals surface area contributed by atoms with Crippen LogP contribution in [0.3, 0.4) is 0 Å². The zero-order chi connectivity index (χ0) is 32.5. The Labute approximate surface area is 263 Å². The maximum absolute atomic E-state index is 11.7. The van der Waals surface area contributed by atoms with Gasteiger partial charge in [0.05, 0.1) is 17.1 Å². The van der Waals surface area contributed by atoms with Crippen molar-refractivity contribution in [1.29, 1.82) is 0 Å². The van der Waals surface area contributed by atoms with Gasteiger partial charge in [-0.2, -0.15) is 0 Å². The van der Waals surface area contributed by atoms with Crippen molar-refractivity contribution in [3.63, 3.8) is 0 Å². The predicted molar refractivity (Wildman–Crippen MR) is 167 cm³/mol. The molecule has 0 unspecified atom stereocenters. The van der Waals surface area contributed by atoms with Gasteiger partial charge in [-0.05, 0) is 55.7 Å². The van der Waals surface area contributed by atoms with Gasteiger partial charge in [0.25, 0.3) is 0 Å². The standard InChI is InChI=1S/C33H42N6O6/c1-4-25-19-38(17-23-11-8-14-29(35-23)32(42)43)27(6-3)21-39(18-24-12-9-15-30(36-24)33(44)45)26(5-2)20-37(25)16-22-10-7-13-28(34-22)31(40)41/h7-15,25-27H,4-6,16-21H2,1-3H3,(H,40,41)(H,42,43)(H,44,45)/t25-,26-,27-/m0/s1. The van der Waals surface area contributed by atoms with Crippen molar-refractivity contribution in [2.45, 2.75) is 77.8 Å². The van der Waals surface area contributed by atoms with E-state index in [2.05, 4.69) is 50.4 Å². The Morgan fingerprint density at radius 3 is 1.04 bits per heavy atom. The van der Waals surface area contributed by atoms with E-state index >= 15 is 0 Å². The third kappa shape index (κ3) is 8.90. The monoisotopic (exact) mass is 618 g/mol. The number of pyridine rings is 3. The molecular formula is C33H42N6O6. The van der Waals surface area contributed by atoms with Crippen molar-refractivity contribution >= 4 is 17.9 Å². The van der Waals surface area contributed by atoms with Crippen LogP contribution in [-0.2, 0) is 19.6 Å². The minimum atomic E-state index is -1.07. The molecule has 3 atom stereocenters. The Balaban J connectivity index is 1.75. The third-order valence-electron chi connectivity index (χ3n) is 8.47. The molecule has 1 saturated heterocycles. The molecule has 0 saturated carbocycles. The van der Waals surface area contributed by atoms with Gasteiger partial charge in [-0.1, -0.05) is 39.0 Å². The normalized spacial score (nSPS) is 20.2. The predicted octanol–water partition coefficient (Wildman–Crippen LogP) is 4.12. The summed E-state index contributed by atoms with van der Waals surface area (Å²) < 4.78 is 0. The molecule has 4 heterocycles. The highest BCUT2D eigenvalue weighted by molar-refractivity contribution is 5.86. The van der Waals surface area contributed by atoms with Gasteiger partial charge in [-0.25, -0.2) is 29.3 Å². The van der Waals surface area contributed by atoms with Gasteiger partial charge in [-0.15, -0.1) is 0 Å². The number of aromatic nitrogens is 3. The number of aromatic carboxylic acids is 3. The second-order valence-corrected chi connectivity index (χ2v) is 11.4. The number of carboxylic acid groups (broad SMARTS) is 3. The number of hydrogen-bond donors (Lipinski definition) is 3. The lowest BCUT2D eigenvalue weighted by molar-refractivity contribution is 0.0678. The average molecular weight is 619 g/mol. The van der Waals surface area contributed by atoms with Gasteiger partial charge < -0.3 is 15.3 Å². The highest BCUT2D eigenvalue weighted by Crippen LogP contribution is 2.24. The molecule has 0 aliphatic carbocycles. The number of hydrogen-bond acceptors (Lipinski definition) is 9. The van der Waals surface area contributed by atoms with Crippen molar-refractivity contribution in [3.05, 3.63) is 88.8 Å². The molecule has 1 aliphatic rings. The van der Waals surface area contributed by atoms with E-state index < -0.39 is 17.9 Å². The van der Waals surface area contributed by atoms with E-state index in [4.69, 9.17) is 0 Å². The smallest absolute Gasteiger partial charge is 0.354 e. The highest BCUT2D eigenvalue weighted by atomic mass is 16.4. The summed E-state index contributed by atoms with van der Waals surface area (Å²) in [6.45, 7) is 9.82. The van der Waals surface area contributed by atoms with Gasteiger partial charge >= 0.3 is 17.9 Å². The van der Waals surface area contributed by atoms with Gasteiger partial charge in [0.2, 0.25) is 0 Å². The molecule has 12 nitrogen and oxygen atoms in total. The van der Waals surface area contributed by atoms with Gasteiger partial charge in [0.1, 0.15) is 17.1 Å². The van der Waals surface area contributed by atoms with Crippen LogP contribution in [0, 0.1) is 0 Å². The molecular weight excluding hydrogens is 576 g/mol. The van der Waals surface area contributed by atoms with Crippen molar-refractivity contribution in [2.24, 2.45) is 0 Å². The summed E-state index contributed by atoms with van der Waals surface area (Å²) in [6, 6.07) is 15.4. The maximum Gasteiger partial charge on any atom is 0.354 e. The minimum absolute atomic E-state index is 0.0000650. The molecule has 3 N–H and O–H groups in total. The van der Waals surface area contributed by atoms with Crippen molar-refractivity contribution in [2.75, 3.05) is 19.6 Å². The Morgan fingerprint density at radius 2 is 0.822 bits per heavy atom. The number of rotatable bonds is 12. The Morgan fingerprint density at radius 1 is 0.556 bits per heavy atom. The van der Waals surface area contributed by atoms with E-state index in [1.165, 1.54) is 18.2 Å². The van der Waals surface area contributed by atoms with E-state index in [1.807, 2.05) is 18.2 Å². The maximum atomic E-state index is 11.7. The van der Waals surface area contributed by atoms with E-state index in [-0.39, 0.29) is 35.2 Å². The molecule has 0 radical (unpaired) electrons. The molecule has 4 rings (SSSR count). The van der Waals surface area contributed by atoms with Crippen LogP contribution in [0.4, 0.5) is 0 Å². The van der Waals surface area contributed by atoms with Crippen LogP contribution in [0.2, 0.25) is 0 Å². The summed E-state index contributed by atoms with van der Waals surface area (Å²) in [4.78, 5) is 55.4. The average Bonchev–Trinajstić information content (AvgIpc) is 3.08. The summed E-state index contributed by atoms with van der Waals surface area (Å²) in [5, 5.41) is 28.7. The second-order valence-electron chi connectivity index (χ2n) is 11.4. The fourth-order valence-electron chi connectivity index (χ4n) is 6.03. The zero-order valence-corrected chi connectivity index (χ0v) is 26.0.